The molecule has 3 rings (SSSR count). The Hall–Kier alpha value is -3.02. The SMILES string of the molecule is CC(CCOc1ccccc1)C(=O)NC(C(=O)O)c1ccc2c(c1)CCO2. The van der Waals surface area contributed by atoms with Gasteiger partial charge in [-0.15, -0.1) is 0 Å². The van der Waals surface area contributed by atoms with E-state index in [0.717, 1.165) is 23.5 Å². The van der Waals surface area contributed by atoms with Crippen molar-refractivity contribution in [2.45, 2.75) is 25.8 Å². The zero-order chi connectivity index (χ0) is 19.2. The molecule has 0 saturated carbocycles. The topological polar surface area (TPSA) is 84.9 Å². The molecule has 2 aromatic carbocycles. The number of carboxylic acids is 1. The summed E-state index contributed by atoms with van der Waals surface area (Å²) in [4.78, 5) is 24.1. The van der Waals surface area contributed by atoms with Gasteiger partial charge in [0.25, 0.3) is 0 Å². The number of carbonyl (C=O) groups excluding carboxylic acids is 1. The van der Waals surface area contributed by atoms with Crippen LogP contribution < -0.4 is 14.8 Å². The first kappa shape index (κ1) is 18.8. The largest absolute Gasteiger partial charge is 0.494 e. The number of hydrogen-bond donors (Lipinski definition) is 2. The summed E-state index contributed by atoms with van der Waals surface area (Å²) in [6.45, 7) is 2.74. The summed E-state index contributed by atoms with van der Waals surface area (Å²) in [5.74, 6) is -0.242. The second-order valence-electron chi connectivity index (χ2n) is 6.60. The van der Waals surface area contributed by atoms with E-state index in [2.05, 4.69) is 5.32 Å². The summed E-state index contributed by atoms with van der Waals surface area (Å²) < 4.78 is 11.0. The Morgan fingerprint density at radius 1 is 1.22 bits per heavy atom. The third-order valence-corrected chi connectivity index (χ3v) is 4.59. The van der Waals surface area contributed by atoms with Crippen molar-refractivity contribution >= 4 is 11.9 Å². The second kappa shape index (κ2) is 8.58. The molecule has 27 heavy (non-hydrogen) atoms. The molecule has 6 nitrogen and oxygen atoms in total. The van der Waals surface area contributed by atoms with Crippen LogP contribution in [-0.2, 0) is 16.0 Å². The van der Waals surface area contributed by atoms with Gasteiger partial charge >= 0.3 is 5.97 Å². The number of carboxylic acid groups (broad SMARTS) is 1. The lowest BCUT2D eigenvalue weighted by Gasteiger charge is -2.19. The van der Waals surface area contributed by atoms with Gasteiger partial charge in [-0.2, -0.15) is 0 Å². The molecule has 0 bridgehead atoms. The van der Waals surface area contributed by atoms with Crippen molar-refractivity contribution in [3.05, 3.63) is 59.7 Å². The highest BCUT2D eigenvalue weighted by Crippen LogP contribution is 2.28. The maximum atomic E-state index is 12.5. The van der Waals surface area contributed by atoms with Crippen molar-refractivity contribution in [3.63, 3.8) is 0 Å². The molecule has 1 amide bonds. The molecule has 0 radical (unpaired) electrons. The number of benzene rings is 2. The predicted molar refractivity (Wildman–Crippen MR) is 99.9 cm³/mol. The molecule has 2 N–H and O–H groups in total. The number of ether oxygens (including phenoxy) is 2. The van der Waals surface area contributed by atoms with Crippen LogP contribution in [0.1, 0.15) is 30.5 Å². The fraction of sp³-hybridized carbons (Fsp3) is 0.333. The van der Waals surface area contributed by atoms with Crippen molar-refractivity contribution in [1.82, 2.24) is 5.32 Å². The fourth-order valence-electron chi connectivity index (χ4n) is 2.96. The highest BCUT2D eigenvalue weighted by Gasteiger charge is 2.26. The van der Waals surface area contributed by atoms with Gasteiger partial charge in [0.05, 0.1) is 13.2 Å². The molecule has 0 aliphatic carbocycles. The number of carbonyl (C=O) groups is 2. The molecule has 0 fully saturated rings. The van der Waals surface area contributed by atoms with Gasteiger partial charge in [0.2, 0.25) is 5.91 Å². The Labute approximate surface area is 158 Å². The van der Waals surface area contributed by atoms with Crippen molar-refractivity contribution in [1.29, 1.82) is 0 Å². The quantitative estimate of drug-likeness (QED) is 0.747. The maximum Gasteiger partial charge on any atom is 0.330 e. The third kappa shape index (κ3) is 4.78. The highest BCUT2D eigenvalue weighted by molar-refractivity contribution is 5.85. The molecular weight excluding hydrogens is 346 g/mol. The summed E-state index contributed by atoms with van der Waals surface area (Å²) in [5.41, 5.74) is 1.52. The normalized spacial score (nSPS) is 14.6. The van der Waals surface area contributed by atoms with Gasteiger partial charge in [-0.1, -0.05) is 31.2 Å². The Balaban J connectivity index is 1.57. The minimum atomic E-state index is -1.09. The lowest BCUT2D eigenvalue weighted by molar-refractivity contribution is -0.142. The first-order valence-electron chi connectivity index (χ1n) is 9.01. The van der Waals surface area contributed by atoms with Gasteiger partial charge in [-0.3, -0.25) is 4.79 Å². The summed E-state index contributed by atoms with van der Waals surface area (Å²) in [5, 5.41) is 12.2. The standard InChI is InChI=1S/C21H23NO5/c1-14(9-11-26-17-5-3-2-4-6-17)20(23)22-19(21(24)25)16-7-8-18-15(13-16)10-12-27-18/h2-8,13-14,19H,9-12H2,1H3,(H,22,23)(H,24,25). The van der Waals surface area contributed by atoms with Gasteiger partial charge in [0.15, 0.2) is 6.04 Å². The molecule has 1 aliphatic rings. The summed E-state index contributed by atoms with van der Waals surface area (Å²) in [7, 11) is 0. The molecule has 2 atom stereocenters. The van der Waals surface area contributed by atoms with Gasteiger partial charge in [-0.05, 0) is 41.8 Å². The Bertz CT molecular complexity index is 805. The van der Waals surface area contributed by atoms with E-state index in [4.69, 9.17) is 9.47 Å². The Morgan fingerprint density at radius 3 is 2.74 bits per heavy atom. The molecule has 6 heteroatoms. The average Bonchev–Trinajstić information content (AvgIpc) is 3.14. The number of aliphatic carboxylic acids is 1. The Kier molecular flexibility index (Phi) is 5.96. The van der Waals surface area contributed by atoms with Crippen LogP contribution in [0.2, 0.25) is 0 Å². The van der Waals surface area contributed by atoms with E-state index in [-0.39, 0.29) is 11.8 Å². The van der Waals surface area contributed by atoms with Crippen molar-refractivity contribution in [3.8, 4) is 11.5 Å². The van der Waals surface area contributed by atoms with Crippen LogP contribution in [0.3, 0.4) is 0 Å². The van der Waals surface area contributed by atoms with Gasteiger partial charge in [0, 0.05) is 12.3 Å². The smallest absolute Gasteiger partial charge is 0.330 e. The summed E-state index contributed by atoms with van der Waals surface area (Å²) >= 11 is 0. The van der Waals surface area contributed by atoms with Crippen molar-refractivity contribution in [2.75, 3.05) is 13.2 Å². The minimum Gasteiger partial charge on any atom is -0.494 e. The van der Waals surface area contributed by atoms with E-state index >= 15 is 0 Å². The number of amides is 1. The molecular formula is C21H23NO5. The molecule has 142 valence electrons. The van der Waals surface area contributed by atoms with E-state index in [1.807, 2.05) is 30.3 Å². The zero-order valence-electron chi connectivity index (χ0n) is 15.2. The van der Waals surface area contributed by atoms with E-state index in [1.165, 1.54) is 0 Å². The van der Waals surface area contributed by atoms with Crippen LogP contribution in [0.15, 0.2) is 48.5 Å². The predicted octanol–water partition coefficient (Wildman–Crippen LogP) is 2.97. The Morgan fingerprint density at radius 2 is 2.00 bits per heavy atom. The third-order valence-electron chi connectivity index (χ3n) is 4.59. The zero-order valence-corrected chi connectivity index (χ0v) is 15.2. The summed E-state index contributed by atoms with van der Waals surface area (Å²) in [6.07, 6.45) is 1.24. The number of hydrogen-bond acceptors (Lipinski definition) is 4. The van der Waals surface area contributed by atoms with E-state index in [0.29, 0.717) is 25.2 Å². The highest BCUT2D eigenvalue weighted by atomic mass is 16.5. The van der Waals surface area contributed by atoms with Crippen LogP contribution in [0, 0.1) is 5.92 Å². The molecule has 1 heterocycles. The lowest BCUT2D eigenvalue weighted by Crippen LogP contribution is -2.37. The maximum absolute atomic E-state index is 12.5. The van der Waals surface area contributed by atoms with E-state index in [1.54, 1.807) is 25.1 Å². The monoisotopic (exact) mass is 369 g/mol. The minimum absolute atomic E-state index is 0.309. The average molecular weight is 369 g/mol. The molecule has 2 aromatic rings. The number of nitrogens with one attached hydrogen (secondary N) is 1. The molecule has 2 unspecified atom stereocenters. The first-order valence-corrected chi connectivity index (χ1v) is 9.01. The van der Waals surface area contributed by atoms with Crippen LogP contribution in [0.25, 0.3) is 0 Å². The first-order chi connectivity index (χ1) is 13.0. The van der Waals surface area contributed by atoms with Gasteiger partial charge in [-0.25, -0.2) is 4.79 Å². The van der Waals surface area contributed by atoms with Gasteiger partial charge < -0.3 is 19.9 Å². The fourth-order valence-corrected chi connectivity index (χ4v) is 2.96. The molecule has 0 saturated heterocycles. The van der Waals surface area contributed by atoms with E-state index in [9.17, 15) is 14.7 Å². The number of fused-ring (bicyclic) bond motifs is 1. The van der Waals surface area contributed by atoms with Crippen molar-refractivity contribution < 1.29 is 24.2 Å². The molecule has 1 aliphatic heterocycles. The van der Waals surface area contributed by atoms with E-state index < -0.39 is 12.0 Å². The number of para-hydroxylation sites is 1. The van der Waals surface area contributed by atoms with Crippen LogP contribution >= 0.6 is 0 Å². The van der Waals surface area contributed by atoms with Gasteiger partial charge in [0.1, 0.15) is 11.5 Å². The summed E-state index contributed by atoms with van der Waals surface area (Å²) in [6, 6.07) is 13.5. The van der Waals surface area contributed by atoms with Crippen LogP contribution in [0.5, 0.6) is 11.5 Å². The van der Waals surface area contributed by atoms with Crippen molar-refractivity contribution in [2.24, 2.45) is 5.92 Å². The van der Waals surface area contributed by atoms with Crippen LogP contribution in [0.4, 0.5) is 0 Å². The second-order valence-corrected chi connectivity index (χ2v) is 6.60. The number of rotatable bonds is 8. The van der Waals surface area contributed by atoms with Crippen LogP contribution in [-0.4, -0.2) is 30.2 Å². The molecule has 0 spiro atoms. The molecule has 0 aromatic heterocycles. The lowest BCUT2D eigenvalue weighted by atomic mass is 10.0.